The van der Waals surface area contributed by atoms with Gasteiger partial charge in [0.1, 0.15) is 5.60 Å². The molecule has 0 saturated carbocycles. The number of carbonyl (C=O) groups excluding carboxylic acids is 1. The number of ether oxygens (including phenoxy) is 1. The van der Waals surface area contributed by atoms with E-state index in [1.54, 1.807) is 11.8 Å². The van der Waals surface area contributed by atoms with Gasteiger partial charge in [-0.15, -0.1) is 0 Å². The highest BCUT2D eigenvalue weighted by Crippen LogP contribution is 2.32. The number of hydrogen-bond acceptors (Lipinski definition) is 5. The van der Waals surface area contributed by atoms with Gasteiger partial charge < -0.3 is 15.0 Å². The van der Waals surface area contributed by atoms with Crippen LogP contribution in [0.5, 0.6) is 0 Å². The van der Waals surface area contributed by atoms with Crippen molar-refractivity contribution in [3.8, 4) is 0 Å². The second kappa shape index (κ2) is 8.88. The maximum atomic E-state index is 12.4. The molecule has 2 atom stereocenters. The molecule has 1 aromatic rings. The van der Waals surface area contributed by atoms with Crippen LogP contribution in [0.3, 0.4) is 0 Å². The lowest BCUT2D eigenvalue weighted by Gasteiger charge is -2.24. The van der Waals surface area contributed by atoms with Crippen LogP contribution < -0.4 is 0 Å². The van der Waals surface area contributed by atoms with Crippen LogP contribution in [-0.4, -0.2) is 51.4 Å². The highest BCUT2D eigenvalue weighted by atomic mass is 16.6. The Labute approximate surface area is 168 Å². The van der Waals surface area contributed by atoms with Gasteiger partial charge in [0.2, 0.25) is 0 Å². The minimum absolute atomic E-state index is 0.0370. The summed E-state index contributed by atoms with van der Waals surface area (Å²) in [6.07, 6.45) is 4.21. The Kier molecular flexibility index (Phi) is 7.01. The van der Waals surface area contributed by atoms with Crippen LogP contribution in [0.25, 0.3) is 0 Å². The first-order chi connectivity index (χ1) is 13.1. The van der Waals surface area contributed by atoms with Crippen molar-refractivity contribution in [1.29, 1.82) is 5.41 Å². The number of aliphatic imine (C=N–C) groups is 1. The number of aryl methyl sites for hydroxylation is 1. The van der Waals surface area contributed by atoms with E-state index in [0.717, 1.165) is 36.3 Å². The molecule has 0 spiro atoms. The molecule has 0 bridgehead atoms. The van der Waals surface area contributed by atoms with Gasteiger partial charge in [-0.1, -0.05) is 20.8 Å². The van der Waals surface area contributed by atoms with Gasteiger partial charge in [0.05, 0.1) is 17.3 Å². The van der Waals surface area contributed by atoms with Crippen molar-refractivity contribution in [2.45, 2.75) is 79.4 Å². The molecule has 2 rings (SSSR count). The van der Waals surface area contributed by atoms with E-state index < -0.39 is 5.60 Å². The van der Waals surface area contributed by atoms with Gasteiger partial charge >= 0.3 is 6.09 Å². The summed E-state index contributed by atoms with van der Waals surface area (Å²) in [6.45, 7) is 14.9. The number of nitrogens with one attached hydrogen (secondary N) is 1. The standard InChI is InChI=1S/C21H35N5O2/c1-8-14(3)12-23-19-18(15(4)22)17(9-2)24-26(19)16-10-11-25(13-16)20(27)28-21(5,6)7/h12,14,16,22H,8-11,13H2,1-7H3. The number of aromatic nitrogens is 2. The highest BCUT2D eigenvalue weighted by Gasteiger charge is 2.33. The van der Waals surface area contributed by atoms with Gasteiger partial charge in [0.15, 0.2) is 5.82 Å². The van der Waals surface area contributed by atoms with Crippen LogP contribution in [0.15, 0.2) is 4.99 Å². The largest absolute Gasteiger partial charge is 0.444 e. The smallest absolute Gasteiger partial charge is 0.410 e. The zero-order valence-corrected chi connectivity index (χ0v) is 18.4. The van der Waals surface area contributed by atoms with Crippen molar-refractivity contribution >= 4 is 23.8 Å². The molecule has 0 radical (unpaired) electrons. The molecule has 1 N–H and O–H groups in total. The lowest BCUT2D eigenvalue weighted by atomic mass is 10.1. The summed E-state index contributed by atoms with van der Waals surface area (Å²) >= 11 is 0. The third-order valence-electron chi connectivity index (χ3n) is 4.92. The zero-order chi connectivity index (χ0) is 21.1. The summed E-state index contributed by atoms with van der Waals surface area (Å²) in [5.41, 5.74) is 1.67. The first kappa shape index (κ1) is 22.1. The predicted molar refractivity (Wildman–Crippen MR) is 113 cm³/mol. The first-order valence-electron chi connectivity index (χ1n) is 10.3. The third-order valence-corrected chi connectivity index (χ3v) is 4.92. The average molecular weight is 390 g/mol. The molecule has 7 nitrogen and oxygen atoms in total. The molecule has 1 aliphatic heterocycles. The summed E-state index contributed by atoms with van der Waals surface area (Å²) in [5.74, 6) is 1.09. The molecular weight excluding hydrogens is 354 g/mol. The van der Waals surface area contributed by atoms with Crippen LogP contribution in [-0.2, 0) is 11.2 Å². The number of nitrogens with zero attached hydrogens (tertiary/aromatic N) is 4. The highest BCUT2D eigenvalue weighted by molar-refractivity contribution is 6.01. The monoisotopic (exact) mass is 389 g/mol. The first-order valence-corrected chi connectivity index (χ1v) is 10.3. The van der Waals surface area contributed by atoms with Crippen molar-refractivity contribution < 1.29 is 9.53 Å². The van der Waals surface area contributed by atoms with Crippen molar-refractivity contribution in [2.75, 3.05) is 13.1 Å². The minimum atomic E-state index is -0.507. The maximum absolute atomic E-state index is 12.4. The Morgan fingerprint density at radius 3 is 2.64 bits per heavy atom. The minimum Gasteiger partial charge on any atom is -0.444 e. The zero-order valence-electron chi connectivity index (χ0n) is 18.4. The maximum Gasteiger partial charge on any atom is 0.410 e. The molecule has 1 saturated heterocycles. The Morgan fingerprint density at radius 2 is 2.11 bits per heavy atom. The molecule has 0 aliphatic carbocycles. The third kappa shape index (κ3) is 5.20. The van der Waals surface area contributed by atoms with Crippen LogP contribution in [0.1, 0.15) is 78.6 Å². The number of hydrogen-bond donors (Lipinski definition) is 1. The summed E-state index contributed by atoms with van der Waals surface area (Å²) < 4.78 is 7.44. The van der Waals surface area contributed by atoms with E-state index in [9.17, 15) is 4.79 Å². The molecular formula is C21H35N5O2. The van der Waals surface area contributed by atoms with E-state index in [1.165, 1.54) is 0 Å². The summed E-state index contributed by atoms with van der Waals surface area (Å²) in [7, 11) is 0. The van der Waals surface area contributed by atoms with Crippen molar-refractivity contribution in [2.24, 2.45) is 10.9 Å². The lowest BCUT2D eigenvalue weighted by Crippen LogP contribution is -2.35. The van der Waals surface area contributed by atoms with Crippen LogP contribution in [0.4, 0.5) is 10.6 Å². The van der Waals surface area contributed by atoms with Crippen LogP contribution >= 0.6 is 0 Å². The number of carbonyl (C=O) groups is 1. The van der Waals surface area contributed by atoms with Crippen molar-refractivity contribution in [3.05, 3.63) is 11.3 Å². The van der Waals surface area contributed by atoms with E-state index in [2.05, 4.69) is 13.8 Å². The number of amides is 1. The molecule has 28 heavy (non-hydrogen) atoms. The Hall–Kier alpha value is -2.18. The van der Waals surface area contributed by atoms with Gasteiger partial charge in [-0.25, -0.2) is 14.5 Å². The molecule has 0 aromatic carbocycles. The van der Waals surface area contributed by atoms with Crippen LogP contribution in [0, 0.1) is 11.3 Å². The fraction of sp³-hybridized carbons (Fsp3) is 0.714. The molecule has 1 aliphatic rings. The average Bonchev–Trinajstić information content (AvgIpc) is 3.22. The van der Waals surface area contributed by atoms with Gasteiger partial charge in [-0.3, -0.25) is 0 Å². The van der Waals surface area contributed by atoms with Gasteiger partial charge in [0.25, 0.3) is 0 Å². The van der Waals surface area contributed by atoms with Gasteiger partial charge in [0, 0.05) is 25.0 Å². The van der Waals surface area contributed by atoms with Gasteiger partial charge in [-0.05, 0) is 52.9 Å². The fourth-order valence-electron chi connectivity index (χ4n) is 3.22. The van der Waals surface area contributed by atoms with E-state index in [4.69, 9.17) is 20.2 Å². The predicted octanol–water partition coefficient (Wildman–Crippen LogP) is 4.76. The number of likely N-dealkylation sites (tertiary alicyclic amines) is 1. The number of rotatable bonds is 6. The lowest BCUT2D eigenvalue weighted by molar-refractivity contribution is 0.0288. The van der Waals surface area contributed by atoms with Gasteiger partial charge in [-0.2, -0.15) is 5.10 Å². The summed E-state index contributed by atoms with van der Waals surface area (Å²) in [4.78, 5) is 18.9. The molecule has 2 heterocycles. The molecule has 2 unspecified atom stereocenters. The summed E-state index contributed by atoms with van der Waals surface area (Å²) in [6, 6.07) is 0.0370. The molecule has 7 heteroatoms. The molecule has 1 amide bonds. The summed E-state index contributed by atoms with van der Waals surface area (Å²) in [5, 5.41) is 13.0. The van der Waals surface area contributed by atoms with Crippen LogP contribution in [0.2, 0.25) is 0 Å². The van der Waals surface area contributed by atoms with E-state index in [1.807, 2.05) is 38.6 Å². The normalized spacial score (nSPS) is 18.7. The topological polar surface area (TPSA) is 83.6 Å². The molecule has 1 aromatic heterocycles. The van der Waals surface area contributed by atoms with Crippen molar-refractivity contribution in [1.82, 2.24) is 14.7 Å². The second-order valence-electron chi connectivity index (χ2n) is 8.60. The van der Waals surface area contributed by atoms with E-state index in [0.29, 0.717) is 24.7 Å². The van der Waals surface area contributed by atoms with Crippen molar-refractivity contribution in [3.63, 3.8) is 0 Å². The van der Waals surface area contributed by atoms with E-state index in [-0.39, 0.29) is 12.1 Å². The fourth-order valence-corrected chi connectivity index (χ4v) is 3.22. The Balaban J connectivity index is 2.33. The molecule has 1 fully saturated rings. The molecule has 156 valence electrons. The Morgan fingerprint density at radius 1 is 1.43 bits per heavy atom. The van der Waals surface area contributed by atoms with E-state index >= 15 is 0 Å². The second-order valence-corrected chi connectivity index (χ2v) is 8.60. The quantitative estimate of drug-likeness (QED) is 0.712. The SMILES string of the molecule is CCc1nn(C2CCN(C(=O)OC(C)(C)C)C2)c(N=CC(C)CC)c1C(C)=N. The Bertz CT molecular complexity index is 745.